The Morgan fingerprint density at radius 2 is 1.13 bits per heavy atom. The first-order chi connectivity index (χ1) is 7.24. The third kappa shape index (κ3) is 5.35. The van der Waals surface area contributed by atoms with Gasteiger partial charge in [-0.25, -0.2) is 0 Å². The molecule has 0 bridgehead atoms. The molecule has 0 saturated heterocycles. The lowest BCUT2D eigenvalue weighted by Gasteiger charge is -2.31. The van der Waals surface area contributed by atoms with Gasteiger partial charge in [0.1, 0.15) is 0 Å². The van der Waals surface area contributed by atoms with Crippen LogP contribution in [0.15, 0.2) is 50.6 Å². The predicted octanol–water partition coefficient (Wildman–Crippen LogP) is 3.24. The average Bonchev–Trinajstić information content (AvgIpc) is 2.24. The van der Waals surface area contributed by atoms with E-state index in [1.54, 1.807) is 24.3 Å². The quantitative estimate of drug-likeness (QED) is 0.405. The van der Waals surface area contributed by atoms with Crippen molar-refractivity contribution in [2.45, 2.75) is 18.6 Å². The van der Waals surface area contributed by atoms with Crippen molar-refractivity contribution >= 4 is 0 Å². The van der Waals surface area contributed by atoms with Crippen molar-refractivity contribution < 1.29 is 9.47 Å². The van der Waals surface area contributed by atoms with E-state index in [1.165, 1.54) is 0 Å². The molecule has 0 atom stereocenters. The molecule has 0 fully saturated rings. The highest BCUT2D eigenvalue weighted by Crippen LogP contribution is 2.23. The first-order valence-corrected chi connectivity index (χ1v) is 4.96. The van der Waals surface area contributed by atoms with E-state index >= 15 is 0 Å². The van der Waals surface area contributed by atoms with Gasteiger partial charge in [0.25, 0.3) is 0 Å². The molecule has 0 N–H and O–H groups in total. The molecular weight excluding hydrogens is 188 g/mol. The summed E-state index contributed by atoms with van der Waals surface area (Å²) in [6, 6.07) is 0. The standard InChI is InChI=1S/C13H20O2/c1-5-9-13(10-6-2,14-11-7-3)15-12-8-4/h5-8H,1-4,9-12H2. The van der Waals surface area contributed by atoms with E-state index in [2.05, 4.69) is 26.3 Å². The lowest BCUT2D eigenvalue weighted by Crippen LogP contribution is -2.35. The monoisotopic (exact) mass is 208 g/mol. The summed E-state index contributed by atoms with van der Waals surface area (Å²) >= 11 is 0. The van der Waals surface area contributed by atoms with Gasteiger partial charge in [-0.1, -0.05) is 24.3 Å². The van der Waals surface area contributed by atoms with E-state index in [0.29, 0.717) is 26.1 Å². The van der Waals surface area contributed by atoms with Gasteiger partial charge >= 0.3 is 0 Å². The van der Waals surface area contributed by atoms with E-state index in [0.717, 1.165) is 0 Å². The van der Waals surface area contributed by atoms with Crippen LogP contribution in [0.5, 0.6) is 0 Å². The molecule has 0 spiro atoms. The van der Waals surface area contributed by atoms with Gasteiger partial charge in [0.15, 0.2) is 5.79 Å². The Bertz CT molecular complexity index is 195. The largest absolute Gasteiger partial charge is 0.345 e. The minimum absolute atomic E-state index is 0.443. The van der Waals surface area contributed by atoms with Crippen LogP contribution >= 0.6 is 0 Å². The van der Waals surface area contributed by atoms with Gasteiger partial charge in [-0.3, -0.25) is 0 Å². The fourth-order valence-electron chi connectivity index (χ4n) is 1.22. The Morgan fingerprint density at radius 1 is 0.733 bits per heavy atom. The fourth-order valence-corrected chi connectivity index (χ4v) is 1.22. The highest BCUT2D eigenvalue weighted by Gasteiger charge is 2.28. The van der Waals surface area contributed by atoms with E-state index < -0.39 is 5.79 Å². The Labute approximate surface area is 92.6 Å². The average molecular weight is 208 g/mol. The van der Waals surface area contributed by atoms with Crippen molar-refractivity contribution in [2.75, 3.05) is 13.2 Å². The van der Waals surface area contributed by atoms with Crippen molar-refractivity contribution in [1.82, 2.24) is 0 Å². The zero-order valence-electron chi connectivity index (χ0n) is 9.28. The normalized spacial score (nSPS) is 10.7. The summed E-state index contributed by atoms with van der Waals surface area (Å²) in [4.78, 5) is 0. The number of hydrogen-bond acceptors (Lipinski definition) is 2. The number of hydrogen-bond donors (Lipinski definition) is 0. The molecule has 0 aliphatic carbocycles. The van der Waals surface area contributed by atoms with Crippen molar-refractivity contribution in [3.63, 3.8) is 0 Å². The van der Waals surface area contributed by atoms with E-state index in [1.807, 2.05) is 0 Å². The summed E-state index contributed by atoms with van der Waals surface area (Å²) in [5.74, 6) is -0.675. The van der Waals surface area contributed by atoms with Gasteiger partial charge in [-0.2, -0.15) is 0 Å². The van der Waals surface area contributed by atoms with Crippen LogP contribution in [0.2, 0.25) is 0 Å². The van der Waals surface area contributed by atoms with Crippen LogP contribution in [-0.2, 0) is 9.47 Å². The second-order valence-electron chi connectivity index (χ2n) is 3.10. The second kappa shape index (κ2) is 8.21. The molecule has 0 aromatic heterocycles. The lowest BCUT2D eigenvalue weighted by atomic mass is 10.1. The first kappa shape index (κ1) is 13.9. The Hall–Kier alpha value is -1.12. The van der Waals surface area contributed by atoms with Gasteiger partial charge in [-0.15, -0.1) is 26.3 Å². The maximum Gasteiger partial charge on any atom is 0.175 e. The molecule has 0 aliphatic heterocycles. The molecule has 0 unspecified atom stereocenters. The van der Waals surface area contributed by atoms with Crippen molar-refractivity contribution in [3.8, 4) is 0 Å². The summed E-state index contributed by atoms with van der Waals surface area (Å²) in [5, 5.41) is 0. The molecule has 0 amide bonds. The van der Waals surface area contributed by atoms with Gasteiger partial charge in [0, 0.05) is 12.8 Å². The van der Waals surface area contributed by atoms with Crippen molar-refractivity contribution in [3.05, 3.63) is 50.6 Å². The van der Waals surface area contributed by atoms with Crippen molar-refractivity contribution in [1.29, 1.82) is 0 Å². The molecule has 0 radical (unpaired) electrons. The maximum atomic E-state index is 5.63. The van der Waals surface area contributed by atoms with Crippen LogP contribution in [0.25, 0.3) is 0 Å². The fraction of sp³-hybridized carbons (Fsp3) is 0.385. The van der Waals surface area contributed by atoms with Crippen LogP contribution in [-0.4, -0.2) is 19.0 Å². The minimum atomic E-state index is -0.675. The first-order valence-electron chi connectivity index (χ1n) is 4.96. The second-order valence-corrected chi connectivity index (χ2v) is 3.10. The molecule has 0 heterocycles. The molecule has 15 heavy (non-hydrogen) atoms. The summed E-state index contributed by atoms with van der Waals surface area (Å²) in [6.45, 7) is 15.5. The predicted molar refractivity (Wildman–Crippen MR) is 64.7 cm³/mol. The molecule has 0 rings (SSSR count). The molecule has 0 aromatic carbocycles. The highest BCUT2D eigenvalue weighted by atomic mass is 16.7. The molecule has 0 aromatic rings. The zero-order chi connectivity index (χ0) is 11.6. The van der Waals surface area contributed by atoms with Crippen LogP contribution in [0.1, 0.15) is 12.8 Å². The van der Waals surface area contributed by atoms with Gasteiger partial charge in [0.05, 0.1) is 13.2 Å². The van der Waals surface area contributed by atoms with Crippen LogP contribution < -0.4 is 0 Å². The summed E-state index contributed by atoms with van der Waals surface area (Å²) < 4.78 is 11.3. The third-order valence-electron chi connectivity index (χ3n) is 1.84. The lowest BCUT2D eigenvalue weighted by molar-refractivity contribution is -0.221. The highest BCUT2D eigenvalue weighted by molar-refractivity contribution is 4.89. The Kier molecular flexibility index (Phi) is 7.60. The zero-order valence-corrected chi connectivity index (χ0v) is 9.28. The van der Waals surface area contributed by atoms with E-state index in [4.69, 9.17) is 9.47 Å². The van der Waals surface area contributed by atoms with Crippen LogP contribution in [0, 0.1) is 0 Å². The van der Waals surface area contributed by atoms with Crippen LogP contribution in [0.4, 0.5) is 0 Å². The molecule has 2 heteroatoms. The van der Waals surface area contributed by atoms with Crippen LogP contribution in [0.3, 0.4) is 0 Å². The molecule has 84 valence electrons. The molecule has 0 saturated carbocycles. The van der Waals surface area contributed by atoms with Gasteiger partial charge < -0.3 is 9.47 Å². The maximum absolute atomic E-state index is 5.63. The summed E-state index contributed by atoms with van der Waals surface area (Å²) in [6.07, 6.45) is 8.16. The topological polar surface area (TPSA) is 18.5 Å². The smallest absolute Gasteiger partial charge is 0.175 e. The number of ether oxygens (including phenoxy) is 2. The Morgan fingerprint density at radius 3 is 1.40 bits per heavy atom. The SMILES string of the molecule is C=CCOC(CC=C)(CC=C)OCC=C. The van der Waals surface area contributed by atoms with E-state index in [9.17, 15) is 0 Å². The van der Waals surface area contributed by atoms with E-state index in [-0.39, 0.29) is 0 Å². The van der Waals surface area contributed by atoms with Crippen molar-refractivity contribution in [2.24, 2.45) is 0 Å². The molecule has 0 aliphatic rings. The van der Waals surface area contributed by atoms with Gasteiger partial charge in [-0.05, 0) is 0 Å². The molecule has 2 nitrogen and oxygen atoms in total. The number of rotatable bonds is 10. The third-order valence-corrected chi connectivity index (χ3v) is 1.84. The minimum Gasteiger partial charge on any atom is -0.345 e. The Balaban J connectivity index is 4.51. The van der Waals surface area contributed by atoms with Gasteiger partial charge in [0.2, 0.25) is 0 Å². The summed E-state index contributed by atoms with van der Waals surface area (Å²) in [7, 11) is 0. The summed E-state index contributed by atoms with van der Waals surface area (Å²) in [5.41, 5.74) is 0. The molecular formula is C13H20O2.